The van der Waals surface area contributed by atoms with E-state index in [2.05, 4.69) is 0 Å². The molecule has 1 aliphatic heterocycles. The van der Waals surface area contributed by atoms with Crippen molar-refractivity contribution in [2.75, 3.05) is 36.1 Å². The number of rotatable bonds is 4. The zero-order chi connectivity index (χ0) is 15.8. The number of morpholine rings is 1. The van der Waals surface area contributed by atoms with Crippen LogP contribution in [0, 0.1) is 0 Å². The van der Waals surface area contributed by atoms with Gasteiger partial charge in [-0.3, -0.25) is 4.79 Å². The molecule has 2 N–H and O–H groups in total. The average Bonchev–Trinajstić information content (AvgIpc) is 2.77. The van der Waals surface area contributed by atoms with Gasteiger partial charge in [-0.05, 0) is 6.92 Å². The average molecular weight is 332 g/mol. The quantitative estimate of drug-likeness (QED) is 0.842. The highest BCUT2D eigenvalue weighted by molar-refractivity contribution is 7.92. The van der Waals surface area contributed by atoms with Crippen molar-refractivity contribution in [2.45, 2.75) is 31.8 Å². The fourth-order valence-electron chi connectivity index (χ4n) is 2.33. The molecule has 6 nitrogen and oxygen atoms in total. The lowest BCUT2D eigenvalue weighted by atomic mass is 10.3. The molecule has 0 radical (unpaired) electrons. The van der Waals surface area contributed by atoms with Crippen LogP contribution in [0.3, 0.4) is 0 Å². The summed E-state index contributed by atoms with van der Waals surface area (Å²) in [5.41, 5.74) is 6.05. The smallest absolute Gasteiger partial charge is 0.183 e. The van der Waals surface area contributed by atoms with E-state index in [1.54, 1.807) is 6.92 Å². The van der Waals surface area contributed by atoms with Gasteiger partial charge in [0.1, 0.15) is 9.90 Å². The summed E-state index contributed by atoms with van der Waals surface area (Å²) in [5, 5.41) is 0.565. The summed E-state index contributed by atoms with van der Waals surface area (Å²) in [4.78, 5) is 14.1. The van der Waals surface area contributed by atoms with E-state index >= 15 is 0 Å². The van der Waals surface area contributed by atoms with Gasteiger partial charge in [-0.1, -0.05) is 6.92 Å². The monoisotopic (exact) mass is 332 g/mol. The van der Waals surface area contributed by atoms with Crippen LogP contribution in [0.15, 0.2) is 4.90 Å². The Kier molecular flexibility index (Phi) is 4.60. The van der Waals surface area contributed by atoms with Crippen LogP contribution in [0.4, 0.5) is 10.7 Å². The first-order valence-corrected chi connectivity index (χ1v) is 9.27. The lowest BCUT2D eigenvalue weighted by molar-refractivity contribution is 0.0533. The molecule has 0 saturated carbocycles. The molecule has 1 atom stereocenters. The molecule has 1 aromatic rings. The number of anilines is 2. The van der Waals surface area contributed by atoms with Crippen molar-refractivity contribution in [1.29, 1.82) is 0 Å². The number of hydrogen-bond acceptors (Lipinski definition) is 7. The first-order chi connectivity index (χ1) is 9.77. The number of nitrogen functional groups attached to an aromatic ring is 1. The van der Waals surface area contributed by atoms with Crippen molar-refractivity contribution in [3.63, 3.8) is 0 Å². The Morgan fingerprint density at radius 2 is 2.19 bits per heavy atom. The minimum Gasteiger partial charge on any atom is -0.396 e. The number of carbonyl (C=O) groups is 1. The van der Waals surface area contributed by atoms with Crippen molar-refractivity contribution in [1.82, 2.24) is 0 Å². The van der Waals surface area contributed by atoms with Gasteiger partial charge >= 0.3 is 0 Å². The molecule has 0 amide bonds. The van der Waals surface area contributed by atoms with E-state index in [1.807, 2.05) is 11.8 Å². The van der Waals surface area contributed by atoms with E-state index in [0.29, 0.717) is 29.6 Å². The molecular formula is C13H20N2O4S2. The second kappa shape index (κ2) is 5.94. The van der Waals surface area contributed by atoms with Crippen LogP contribution in [0.1, 0.15) is 30.4 Å². The molecule has 0 aliphatic carbocycles. The summed E-state index contributed by atoms with van der Waals surface area (Å²) in [5.74, 6) is -0.254. The fraction of sp³-hybridized carbons (Fsp3) is 0.615. The van der Waals surface area contributed by atoms with Gasteiger partial charge in [-0.2, -0.15) is 0 Å². The third-order valence-corrected chi connectivity index (χ3v) is 6.71. The Morgan fingerprint density at radius 1 is 1.52 bits per heavy atom. The van der Waals surface area contributed by atoms with Crippen LogP contribution in [0.2, 0.25) is 0 Å². The second-order valence-electron chi connectivity index (χ2n) is 5.07. The topological polar surface area (TPSA) is 89.7 Å². The first-order valence-electron chi connectivity index (χ1n) is 6.80. The lowest BCUT2D eigenvalue weighted by Gasteiger charge is -2.32. The number of ether oxygens (including phenoxy) is 1. The van der Waals surface area contributed by atoms with Gasteiger partial charge in [0.2, 0.25) is 0 Å². The van der Waals surface area contributed by atoms with E-state index < -0.39 is 9.84 Å². The summed E-state index contributed by atoms with van der Waals surface area (Å²) < 4.78 is 30.2. The van der Waals surface area contributed by atoms with E-state index in [4.69, 9.17) is 10.5 Å². The van der Waals surface area contributed by atoms with E-state index in [0.717, 1.165) is 11.3 Å². The minimum atomic E-state index is -3.49. The van der Waals surface area contributed by atoms with Crippen LogP contribution in [-0.2, 0) is 14.6 Å². The lowest BCUT2D eigenvalue weighted by Crippen LogP contribution is -2.41. The van der Waals surface area contributed by atoms with Crippen LogP contribution < -0.4 is 10.6 Å². The zero-order valence-electron chi connectivity index (χ0n) is 12.4. The maximum absolute atomic E-state index is 12.4. The predicted octanol–water partition coefficient (Wildman–Crippen LogP) is 1.55. The normalized spacial score (nSPS) is 19.8. The molecule has 118 valence electrons. The van der Waals surface area contributed by atoms with E-state index in [-0.39, 0.29) is 28.2 Å². The summed E-state index contributed by atoms with van der Waals surface area (Å²) in [6, 6.07) is 0. The van der Waals surface area contributed by atoms with Gasteiger partial charge in [-0.15, -0.1) is 11.3 Å². The summed E-state index contributed by atoms with van der Waals surface area (Å²) in [6.07, 6.45) is 0.0139. The van der Waals surface area contributed by atoms with Gasteiger partial charge in [0.15, 0.2) is 15.6 Å². The number of ketones is 1. The standard InChI is InChI=1S/C13H20N2O4S2/c1-4-21(17,18)12-10(14)11(9(3)16)20-13(12)15-5-6-19-8(2)7-15/h8H,4-7,14H2,1-3H3. The highest BCUT2D eigenvalue weighted by atomic mass is 32.2. The van der Waals surface area contributed by atoms with E-state index in [1.165, 1.54) is 6.92 Å². The maximum Gasteiger partial charge on any atom is 0.183 e. The highest BCUT2D eigenvalue weighted by Crippen LogP contribution is 2.42. The van der Waals surface area contributed by atoms with Gasteiger partial charge in [0, 0.05) is 20.0 Å². The molecule has 1 aliphatic rings. The summed E-state index contributed by atoms with van der Waals surface area (Å²) in [7, 11) is -3.49. The molecule has 1 aromatic heterocycles. The molecular weight excluding hydrogens is 312 g/mol. The van der Waals surface area contributed by atoms with Crippen LogP contribution in [0.5, 0.6) is 0 Å². The minimum absolute atomic E-state index is 0.0139. The third kappa shape index (κ3) is 3.07. The van der Waals surface area contributed by atoms with Crippen LogP contribution >= 0.6 is 11.3 Å². The van der Waals surface area contributed by atoms with Gasteiger partial charge in [0.05, 0.1) is 29.0 Å². The number of sulfone groups is 1. The molecule has 2 rings (SSSR count). The van der Waals surface area contributed by atoms with Crippen LogP contribution in [-0.4, -0.2) is 45.8 Å². The van der Waals surface area contributed by atoms with Gasteiger partial charge < -0.3 is 15.4 Å². The molecule has 0 aromatic carbocycles. The number of carbonyl (C=O) groups excluding carboxylic acids is 1. The molecule has 1 fully saturated rings. The zero-order valence-corrected chi connectivity index (χ0v) is 14.0. The summed E-state index contributed by atoms with van der Waals surface area (Å²) in [6.45, 7) is 6.61. The number of nitrogens with zero attached hydrogens (tertiary/aromatic N) is 1. The Hall–Kier alpha value is -1.12. The maximum atomic E-state index is 12.4. The number of hydrogen-bond donors (Lipinski definition) is 1. The third-order valence-electron chi connectivity index (χ3n) is 3.42. The Morgan fingerprint density at radius 3 is 2.71 bits per heavy atom. The Labute approximate surface area is 128 Å². The van der Waals surface area contributed by atoms with Crippen molar-refractivity contribution < 1.29 is 17.9 Å². The summed E-state index contributed by atoms with van der Waals surface area (Å²) >= 11 is 1.16. The second-order valence-corrected chi connectivity index (χ2v) is 8.28. The molecule has 1 unspecified atom stereocenters. The van der Waals surface area contributed by atoms with Crippen molar-refractivity contribution in [3.05, 3.63) is 4.88 Å². The SMILES string of the molecule is CCS(=O)(=O)c1c(N2CCOC(C)C2)sc(C(C)=O)c1N. The molecule has 1 saturated heterocycles. The van der Waals surface area contributed by atoms with E-state index in [9.17, 15) is 13.2 Å². The fourth-order valence-corrected chi connectivity index (χ4v) is 5.07. The Bertz CT molecular complexity index is 651. The Balaban J connectivity index is 2.59. The number of thiophene rings is 1. The largest absolute Gasteiger partial charge is 0.396 e. The van der Waals surface area contributed by atoms with Crippen molar-refractivity contribution >= 4 is 37.6 Å². The van der Waals surface area contributed by atoms with Crippen LogP contribution in [0.25, 0.3) is 0 Å². The molecule has 0 bridgehead atoms. The molecule has 21 heavy (non-hydrogen) atoms. The van der Waals surface area contributed by atoms with Crippen molar-refractivity contribution in [3.8, 4) is 0 Å². The molecule has 0 spiro atoms. The number of nitrogens with two attached hydrogens (primary N) is 1. The van der Waals surface area contributed by atoms with Gasteiger partial charge in [0.25, 0.3) is 0 Å². The van der Waals surface area contributed by atoms with Gasteiger partial charge in [-0.25, -0.2) is 8.42 Å². The molecule has 8 heteroatoms. The highest BCUT2D eigenvalue weighted by Gasteiger charge is 2.31. The number of Topliss-reactive ketones (excluding diaryl/α,β-unsaturated/α-hetero) is 1. The van der Waals surface area contributed by atoms with Crippen molar-refractivity contribution in [2.24, 2.45) is 0 Å². The predicted molar refractivity (Wildman–Crippen MR) is 84.1 cm³/mol. The first kappa shape index (κ1) is 16.3. The molecule has 2 heterocycles.